The number of benzene rings is 1. The fourth-order valence-corrected chi connectivity index (χ4v) is 2.39. The second-order valence-corrected chi connectivity index (χ2v) is 5.27. The molecule has 0 saturated heterocycles. The van der Waals surface area contributed by atoms with Gasteiger partial charge in [-0.25, -0.2) is 13.2 Å². The molecule has 1 aromatic carbocycles. The molecule has 0 bridgehead atoms. The maximum absolute atomic E-state index is 13.7. The third-order valence-electron chi connectivity index (χ3n) is 3.32. The molecule has 1 fully saturated rings. The Balaban J connectivity index is 1.96. The van der Waals surface area contributed by atoms with E-state index in [4.69, 9.17) is 17.3 Å². The fourth-order valence-electron chi connectivity index (χ4n) is 2.09. The lowest BCUT2D eigenvalue weighted by atomic mass is 10.1. The van der Waals surface area contributed by atoms with Gasteiger partial charge in [-0.15, -0.1) is 0 Å². The Morgan fingerprint density at radius 1 is 1.50 bits per heavy atom. The number of amides is 1. The molecule has 1 aliphatic rings. The first-order valence-corrected chi connectivity index (χ1v) is 6.53. The Morgan fingerprint density at radius 3 is 2.80 bits per heavy atom. The molecule has 0 heterocycles. The van der Waals surface area contributed by atoms with Crippen molar-refractivity contribution in [2.75, 3.05) is 13.1 Å². The maximum atomic E-state index is 13.7. The SMILES string of the molecule is NCC(F)(F)CNC(=O)C1CC1c1c(F)cccc1Cl. The molecule has 20 heavy (non-hydrogen) atoms. The van der Waals surface area contributed by atoms with Gasteiger partial charge in [0.1, 0.15) is 5.82 Å². The summed E-state index contributed by atoms with van der Waals surface area (Å²) in [4.78, 5) is 11.7. The van der Waals surface area contributed by atoms with Crippen molar-refractivity contribution in [3.8, 4) is 0 Å². The van der Waals surface area contributed by atoms with Gasteiger partial charge in [0.15, 0.2) is 0 Å². The van der Waals surface area contributed by atoms with Crippen molar-refractivity contribution in [3.63, 3.8) is 0 Å². The Kier molecular flexibility index (Phi) is 4.25. The van der Waals surface area contributed by atoms with Crippen LogP contribution in [0.1, 0.15) is 17.9 Å². The molecule has 1 aromatic rings. The van der Waals surface area contributed by atoms with Crippen molar-refractivity contribution in [3.05, 3.63) is 34.6 Å². The molecule has 1 saturated carbocycles. The van der Waals surface area contributed by atoms with E-state index >= 15 is 0 Å². The highest BCUT2D eigenvalue weighted by Gasteiger charge is 2.46. The minimum absolute atomic E-state index is 0.248. The summed E-state index contributed by atoms with van der Waals surface area (Å²) in [5.41, 5.74) is 5.15. The van der Waals surface area contributed by atoms with Crippen LogP contribution in [0.5, 0.6) is 0 Å². The Hall–Kier alpha value is -1.27. The first-order valence-electron chi connectivity index (χ1n) is 6.15. The van der Waals surface area contributed by atoms with Gasteiger partial charge in [-0.2, -0.15) is 0 Å². The van der Waals surface area contributed by atoms with Gasteiger partial charge in [-0.3, -0.25) is 4.79 Å². The number of hydrogen-bond acceptors (Lipinski definition) is 2. The van der Waals surface area contributed by atoms with Crippen LogP contribution < -0.4 is 11.1 Å². The van der Waals surface area contributed by atoms with Crippen molar-refractivity contribution < 1.29 is 18.0 Å². The van der Waals surface area contributed by atoms with E-state index in [1.807, 2.05) is 0 Å². The Bertz CT molecular complexity index is 504. The highest BCUT2D eigenvalue weighted by molar-refractivity contribution is 6.31. The number of carbonyl (C=O) groups excluding carboxylic acids is 1. The average Bonchev–Trinajstić information content (AvgIpc) is 3.16. The zero-order chi connectivity index (χ0) is 14.9. The lowest BCUT2D eigenvalue weighted by molar-refractivity contribution is -0.124. The predicted octanol–water partition coefficient (Wildman–Crippen LogP) is 2.29. The van der Waals surface area contributed by atoms with E-state index in [0.29, 0.717) is 6.42 Å². The number of halogens is 4. The molecule has 0 aliphatic heterocycles. The Labute approximate surface area is 119 Å². The van der Waals surface area contributed by atoms with Crippen LogP contribution >= 0.6 is 11.6 Å². The van der Waals surface area contributed by atoms with Crippen molar-refractivity contribution in [1.29, 1.82) is 0 Å². The topological polar surface area (TPSA) is 55.1 Å². The summed E-state index contributed by atoms with van der Waals surface area (Å²) in [6.45, 7) is -1.64. The van der Waals surface area contributed by atoms with Gasteiger partial charge in [0.05, 0.1) is 13.1 Å². The molecule has 3 nitrogen and oxygen atoms in total. The van der Waals surface area contributed by atoms with Gasteiger partial charge in [0.25, 0.3) is 5.92 Å². The molecule has 7 heteroatoms. The lowest BCUT2D eigenvalue weighted by Crippen LogP contribution is -2.42. The van der Waals surface area contributed by atoms with E-state index in [1.54, 1.807) is 0 Å². The van der Waals surface area contributed by atoms with Crippen molar-refractivity contribution in [2.45, 2.75) is 18.3 Å². The second kappa shape index (κ2) is 5.61. The number of carbonyl (C=O) groups is 1. The molecular weight excluding hydrogens is 293 g/mol. The van der Waals surface area contributed by atoms with Gasteiger partial charge in [-0.1, -0.05) is 17.7 Å². The van der Waals surface area contributed by atoms with Crippen LogP contribution in [-0.4, -0.2) is 24.9 Å². The predicted molar refractivity (Wildman–Crippen MR) is 69.3 cm³/mol. The molecule has 2 atom stereocenters. The largest absolute Gasteiger partial charge is 0.350 e. The van der Waals surface area contributed by atoms with E-state index in [0.717, 1.165) is 0 Å². The summed E-state index contributed by atoms with van der Waals surface area (Å²) in [6.07, 6.45) is 0.403. The maximum Gasteiger partial charge on any atom is 0.277 e. The van der Waals surface area contributed by atoms with Crippen LogP contribution in [0.4, 0.5) is 13.2 Å². The van der Waals surface area contributed by atoms with Crippen LogP contribution in [-0.2, 0) is 4.79 Å². The lowest BCUT2D eigenvalue weighted by Gasteiger charge is -2.14. The van der Waals surface area contributed by atoms with E-state index in [-0.39, 0.29) is 16.5 Å². The molecule has 2 unspecified atom stereocenters. The second-order valence-electron chi connectivity index (χ2n) is 4.86. The van der Waals surface area contributed by atoms with Crippen LogP contribution in [0.3, 0.4) is 0 Å². The fraction of sp³-hybridized carbons (Fsp3) is 0.462. The summed E-state index contributed by atoms with van der Waals surface area (Å²) in [7, 11) is 0. The third kappa shape index (κ3) is 3.24. The standard InChI is InChI=1S/C13H14ClF3N2O/c14-9-2-1-3-10(15)11(9)7-4-8(7)12(20)19-6-13(16,17)5-18/h1-3,7-8H,4-6,18H2,(H,19,20). The molecule has 110 valence electrons. The van der Waals surface area contributed by atoms with Gasteiger partial charge >= 0.3 is 0 Å². The van der Waals surface area contributed by atoms with E-state index in [1.165, 1.54) is 18.2 Å². The molecule has 1 amide bonds. The van der Waals surface area contributed by atoms with Gasteiger partial charge in [0, 0.05) is 22.4 Å². The number of alkyl halides is 2. The monoisotopic (exact) mass is 306 g/mol. The average molecular weight is 307 g/mol. The molecule has 2 rings (SSSR count). The van der Waals surface area contributed by atoms with Gasteiger partial charge < -0.3 is 11.1 Å². The van der Waals surface area contributed by atoms with Crippen LogP contribution in [0.15, 0.2) is 18.2 Å². The number of hydrogen-bond donors (Lipinski definition) is 2. The molecule has 0 aromatic heterocycles. The molecule has 3 N–H and O–H groups in total. The van der Waals surface area contributed by atoms with Crippen LogP contribution in [0.2, 0.25) is 5.02 Å². The smallest absolute Gasteiger partial charge is 0.277 e. The third-order valence-corrected chi connectivity index (χ3v) is 3.65. The number of rotatable bonds is 5. The van der Waals surface area contributed by atoms with Crippen molar-refractivity contribution in [2.24, 2.45) is 11.7 Å². The quantitative estimate of drug-likeness (QED) is 0.877. The van der Waals surface area contributed by atoms with Crippen molar-refractivity contribution >= 4 is 17.5 Å². The summed E-state index contributed by atoms with van der Waals surface area (Å²) in [5, 5.41) is 2.39. The molecule has 0 radical (unpaired) electrons. The summed E-state index contributed by atoms with van der Waals surface area (Å²) in [6, 6.07) is 4.27. The van der Waals surface area contributed by atoms with E-state index < -0.39 is 36.7 Å². The van der Waals surface area contributed by atoms with Gasteiger partial charge in [-0.05, 0) is 18.6 Å². The van der Waals surface area contributed by atoms with E-state index in [2.05, 4.69) is 5.32 Å². The van der Waals surface area contributed by atoms with E-state index in [9.17, 15) is 18.0 Å². The first-order chi connectivity index (χ1) is 9.35. The highest BCUT2D eigenvalue weighted by atomic mass is 35.5. The summed E-state index contributed by atoms with van der Waals surface area (Å²) in [5.74, 6) is -5.00. The summed E-state index contributed by atoms with van der Waals surface area (Å²) < 4.78 is 39.5. The zero-order valence-corrected chi connectivity index (χ0v) is 11.3. The Morgan fingerprint density at radius 2 is 2.20 bits per heavy atom. The van der Waals surface area contributed by atoms with Crippen LogP contribution in [0, 0.1) is 11.7 Å². The minimum Gasteiger partial charge on any atom is -0.350 e. The van der Waals surface area contributed by atoms with Crippen molar-refractivity contribution in [1.82, 2.24) is 5.32 Å². The number of nitrogens with one attached hydrogen (secondary N) is 1. The minimum atomic E-state index is -3.13. The molecule has 1 aliphatic carbocycles. The number of nitrogens with two attached hydrogens (primary N) is 1. The normalized spacial score (nSPS) is 21.6. The van der Waals surface area contributed by atoms with Gasteiger partial charge in [0.2, 0.25) is 5.91 Å². The molecule has 0 spiro atoms. The van der Waals surface area contributed by atoms with Crippen LogP contribution in [0.25, 0.3) is 0 Å². The first kappa shape index (κ1) is 15.1. The molecular formula is C13H14ClF3N2O. The zero-order valence-electron chi connectivity index (χ0n) is 10.5. The highest BCUT2D eigenvalue weighted by Crippen LogP contribution is 2.50. The summed E-state index contributed by atoms with van der Waals surface area (Å²) >= 11 is 5.90.